The molecule has 0 N–H and O–H groups in total. The van der Waals surface area contributed by atoms with Crippen LogP contribution in [0.15, 0.2) is 29.3 Å². The van der Waals surface area contributed by atoms with Crippen LogP contribution in [-0.4, -0.2) is 10.5 Å². The fourth-order valence-corrected chi connectivity index (χ4v) is 4.42. The first-order chi connectivity index (χ1) is 11.8. The second kappa shape index (κ2) is 6.91. The van der Waals surface area contributed by atoms with Crippen LogP contribution in [0.25, 0.3) is 0 Å². The summed E-state index contributed by atoms with van der Waals surface area (Å²) < 4.78 is 2.27. The van der Waals surface area contributed by atoms with Crippen LogP contribution in [0.2, 0.25) is 0 Å². The van der Waals surface area contributed by atoms with Crippen LogP contribution in [0.3, 0.4) is 0 Å². The van der Waals surface area contributed by atoms with Crippen LogP contribution in [0.4, 0.5) is 0 Å². The molecule has 3 nitrogen and oxygen atoms in total. The number of hydrogen-bond acceptors (Lipinski definition) is 2. The number of carbonyl (C=O) groups is 1. The Morgan fingerprint density at radius 1 is 1.28 bits per heavy atom. The number of hydrogen-bond donors (Lipinski definition) is 0. The smallest absolute Gasteiger partial charge is 0.279 e. The summed E-state index contributed by atoms with van der Waals surface area (Å²) in [6.45, 7) is 11.9. The molecular weight excluding hydrogens is 328 g/mol. The van der Waals surface area contributed by atoms with Gasteiger partial charge in [-0.1, -0.05) is 45.9 Å². The molecule has 1 aromatic heterocycles. The highest BCUT2D eigenvalue weighted by Gasteiger charge is 2.27. The van der Waals surface area contributed by atoms with E-state index in [0.29, 0.717) is 0 Å². The Hall–Kier alpha value is -1.68. The summed E-state index contributed by atoms with van der Waals surface area (Å²) in [6.07, 6.45) is 3.43. The molecule has 2 aromatic rings. The monoisotopic (exact) mass is 356 g/mol. The molecule has 0 bridgehead atoms. The van der Waals surface area contributed by atoms with Gasteiger partial charge in [-0.3, -0.25) is 4.79 Å². The van der Waals surface area contributed by atoms with Gasteiger partial charge in [0.1, 0.15) is 0 Å². The van der Waals surface area contributed by atoms with Gasteiger partial charge in [0.25, 0.3) is 5.91 Å². The zero-order valence-corrected chi connectivity index (χ0v) is 16.7. The van der Waals surface area contributed by atoms with Crippen molar-refractivity contribution in [1.82, 2.24) is 4.57 Å². The maximum Gasteiger partial charge on any atom is 0.279 e. The van der Waals surface area contributed by atoms with Crippen molar-refractivity contribution in [3.63, 3.8) is 0 Å². The van der Waals surface area contributed by atoms with E-state index in [2.05, 4.69) is 44.2 Å². The lowest BCUT2D eigenvalue weighted by Gasteiger charge is -2.17. The molecule has 1 heterocycles. The third kappa shape index (κ3) is 3.95. The van der Waals surface area contributed by atoms with Crippen molar-refractivity contribution in [2.45, 2.75) is 65.8 Å². The Kier molecular flexibility index (Phi) is 5.01. The summed E-state index contributed by atoms with van der Waals surface area (Å²) in [4.78, 5) is 19.6. The maximum absolute atomic E-state index is 12.8. The van der Waals surface area contributed by atoms with Crippen LogP contribution in [0.1, 0.15) is 67.0 Å². The fourth-order valence-electron chi connectivity index (χ4n) is 3.22. The fraction of sp³-hybridized carbons (Fsp3) is 0.524. The Morgan fingerprint density at radius 3 is 2.56 bits per heavy atom. The van der Waals surface area contributed by atoms with E-state index in [1.807, 2.05) is 24.3 Å². The van der Waals surface area contributed by atoms with Gasteiger partial charge in [-0.05, 0) is 49.1 Å². The van der Waals surface area contributed by atoms with E-state index in [1.54, 1.807) is 11.3 Å². The lowest BCUT2D eigenvalue weighted by molar-refractivity contribution is 0.0997. The highest BCUT2D eigenvalue weighted by molar-refractivity contribution is 7.09. The lowest BCUT2D eigenvalue weighted by atomic mass is 9.93. The Bertz CT molecular complexity index is 848. The van der Waals surface area contributed by atoms with E-state index in [1.165, 1.54) is 23.4 Å². The third-order valence-electron chi connectivity index (χ3n) is 4.80. The molecule has 3 rings (SSSR count). The van der Waals surface area contributed by atoms with Gasteiger partial charge in [0.05, 0.1) is 0 Å². The first kappa shape index (κ1) is 18.1. The first-order valence-corrected chi connectivity index (χ1v) is 10.0. The summed E-state index contributed by atoms with van der Waals surface area (Å²) in [6, 6.07) is 7.80. The highest BCUT2D eigenvalue weighted by atomic mass is 32.1. The zero-order valence-electron chi connectivity index (χ0n) is 15.9. The Balaban J connectivity index is 2.08. The second-order valence-electron chi connectivity index (χ2n) is 8.03. The molecule has 1 aliphatic carbocycles. The first-order valence-electron chi connectivity index (χ1n) is 9.19. The number of rotatable bonds is 4. The number of amides is 1. The molecule has 4 heteroatoms. The summed E-state index contributed by atoms with van der Waals surface area (Å²) in [7, 11) is 0. The van der Waals surface area contributed by atoms with Crippen LogP contribution < -0.4 is 4.80 Å². The Labute approximate surface area is 154 Å². The predicted molar refractivity (Wildman–Crippen MR) is 104 cm³/mol. The van der Waals surface area contributed by atoms with Crippen LogP contribution in [-0.2, 0) is 18.4 Å². The zero-order chi connectivity index (χ0) is 18.2. The van der Waals surface area contributed by atoms with Gasteiger partial charge in [-0.25, -0.2) is 0 Å². The number of thiazole rings is 1. The van der Waals surface area contributed by atoms with Crippen molar-refractivity contribution in [1.29, 1.82) is 0 Å². The van der Waals surface area contributed by atoms with E-state index >= 15 is 0 Å². The van der Waals surface area contributed by atoms with Crippen LogP contribution in [0.5, 0.6) is 0 Å². The molecule has 134 valence electrons. The molecular formula is C21H28N2OS. The quantitative estimate of drug-likeness (QED) is 0.769. The molecule has 25 heavy (non-hydrogen) atoms. The minimum absolute atomic E-state index is 0.0677. The second-order valence-corrected chi connectivity index (χ2v) is 9.01. The number of nitrogens with zero attached hydrogens (tertiary/aromatic N) is 2. The molecule has 1 aromatic carbocycles. The van der Waals surface area contributed by atoms with E-state index < -0.39 is 0 Å². The topological polar surface area (TPSA) is 34.4 Å². The number of aryl methyl sites for hydroxylation is 1. The minimum atomic E-state index is -0.122. The van der Waals surface area contributed by atoms with Gasteiger partial charge in [-0.2, -0.15) is 4.99 Å². The van der Waals surface area contributed by atoms with Crippen molar-refractivity contribution in [3.05, 3.63) is 50.8 Å². The maximum atomic E-state index is 12.8. The summed E-state index contributed by atoms with van der Waals surface area (Å²) in [5, 5.41) is 0. The molecule has 0 atom stereocenters. The molecule has 0 saturated heterocycles. The minimum Gasteiger partial charge on any atom is -0.320 e. The normalized spacial score (nSPS) is 15.6. The summed E-state index contributed by atoms with van der Waals surface area (Å²) in [5.41, 5.74) is 3.12. The van der Waals surface area contributed by atoms with E-state index in [0.717, 1.165) is 34.8 Å². The van der Waals surface area contributed by atoms with E-state index in [4.69, 9.17) is 0 Å². The number of carbonyl (C=O) groups excluding carboxylic acids is 1. The summed E-state index contributed by atoms with van der Waals surface area (Å²) >= 11 is 1.67. The average Bonchev–Trinajstić information content (AvgIpc) is 3.33. The van der Waals surface area contributed by atoms with Crippen molar-refractivity contribution in [2.24, 2.45) is 10.9 Å². The standard InChI is InChI=1S/C21H28N2OS/c1-6-16-9-7-8-10-17(16)19(24)22-20-23(13-15-11-12-15)14(2)18(25-20)21(3,4)5/h7-10,15H,6,11-13H2,1-5H3. The number of benzene rings is 1. The third-order valence-corrected chi connectivity index (χ3v) is 6.41. The van der Waals surface area contributed by atoms with Gasteiger partial charge in [0.2, 0.25) is 0 Å². The van der Waals surface area contributed by atoms with Gasteiger partial charge >= 0.3 is 0 Å². The molecule has 1 saturated carbocycles. The van der Waals surface area contributed by atoms with E-state index in [9.17, 15) is 4.79 Å². The average molecular weight is 357 g/mol. The van der Waals surface area contributed by atoms with Crippen molar-refractivity contribution in [3.8, 4) is 0 Å². The molecule has 1 aliphatic rings. The molecule has 0 unspecified atom stereocenters. The molecule has 0 radical (unpaired) electrons. The molecule has 1 amide bonds. The van der Waals surface area contributed by atoms with Gasteiger partial charge < -0.3 is 4.57 Å². The molecule has 1 fully saturated rings. The largest absolute Gasteiger partial charge is 0.320 e. The van der Waals surface area contributed by atoms with Crippen molar-refractivity contribution < 1.29 is 4.79 Å². The summed E-state index contributed by atoms with van der Waals surface area (Å²) in [5.74, 6) is 0.627. The SMILES string of the molecule is CCc1ccccc1C(=O)N=c1sc(C(C)(C)C)c(C)n1CC1CC1. The number of aromatic nitrogens is 1. The highest BCUT2D eigenvalue weighted by Crippen LogP contribution is 2.33. The van der Waals surface area contributed by atoms with E-state index in [-0.39, 0.29) is 11.3 Å². The molecule has 0 aliphatic heterocycles. The van der Waals surface area contributed by atoms with Crippen molar-refractivity contribution >= 4 is 17.2 Å². The van der Waals surface area contributed by atoms with Gasteiger partial charge in [0, 0.05) is 22.7 Å². The van der Waals surface area contributed by atoms with Crippen molar-refractivity contribution in [2.75, 3.05) is 0 Å². The lowest BCUT2D eigenvalue weighted by Crippen LogP contribution is -2.20. The van der Waals surface area contributed by atoms with Gasteiger partial charge in [-0.15, -0.1) is 11.3 Å². The Morgan fingerprint density at radius 2 is 1.96 bits per heavy atom. The van der Waals surface area contributed by atoms with Gasteiger partial charge in [0.15, 0.2) is 4.80 Å². The van der Waals surface area contributed by atoms with Crippen LogP contribution in [0, 0.1) is 12.8 Å². The van der Waals surface area contributed by atoms with Crippen LogP contribution >= 0.6 is 11.3 Å². The molecule has 0 spiro atoms. The predicted octanol–water partition coefficient (Wildman–Crippen LogP) is 4.87.